The molecule has 1 amide bonds. The number of aryl methyl sites for hydroxylation is 2. The minimum Gasteiger partial charge on any atom is -0.389 e. The lowest BCUT2D eigenvalue weighted by Crippen LogP contribution is -2.34. The van der Waals surface area contributed by atoms with Crippen molar-refractivity contribution < 1.29 is 23.6 Å². The number of ketones is 2. The van der Waals surface area contributed by atoms with E-state index in [9.17, 15) is 18.8 Å². The van der Waals surface area contributed by atoms with E-state index >= 15 is 0 Å². The molecular weight excluding hydrogens is 435 g/mol. The first kappa shape index (κ1) is 23.8. The molecule has 2 atom stereocenters. The van der Waals surface area contributed by atoms with Gasteiger partial charge in [0.25, 0.3) is 5.91 Å². The highest BCUT2D eigenvalue weighted by Crippen LogP contribution is 2.38. The number of nitrogens with one attached hydrogen (secondary N) is 1. The van der Waals surface area contributed by atoms with Crippen LogP contribution >= 0.6 is 0 Å². The number of carbonyl (C=O) groups is 3. The summed E-state index contributed by atoms with van der Waals surface area (Å²) in [5, 5.41) is 6.63. The third-order valence-corrected chi connectivity index (χ3v) is 6.55. The third-order valence-electron chi connectivity index (χ3n) is 6.55. The topological polar surface area (TPSA) is 84.8 Å². The summed E-state index contributed by atoms with van der Waals surface area (Å²) in [6, 6.07) is 10.1. The summed E-state index contributed by atoms with van der Waals surface area (Å²) in [6.07, 6.45) is 0.999. The SMILES string of the molecule is Cc1cc(-c2ccc(F)cc2)cc(C)c1C1C(=O)CC(CCNC(=O)C2=NOC(C)(C)C2)C1=O. The average molecular weight is 465 g/mol. The van der Waals surface area contributed by atoms with Crippen molar-refractivity contribution in [2.24, 2.45) is 11.1 Å². The van der Waals surface area contributed by atoms with Crippen LogP contribution in [0.4, 0.5) is 4.39 Å². The molecule has 1 aliphatic heterocycles. The van der Waals surface area contributed by atoms with Crippen LogP contribution in [0.2, 0.25) is 0 Å². The molecule has 1 heterocycles. The quantitative estimate of drug-likeness (QED) is 0.642. The second-order valence-corrected chi connectivity index (χ2v) is 9.84. The molecule has 2 aromatic carbocycles. The molecule has 2 aliphatic rings. The molecule has 4 rings (SSSR count). The maximum absolute atomic E-state index is 13.3. The van der Waals surface area contributed by atoms with E-state index in [-0.39, 0.29) is 36.3 Å². The standard InChI is InChI=1S/C27H29FN2O4/c1-15-11-19(17-5-7-20(28)8-6-17)12-16(2)23(15)24-22(31)13-18(25(24)32)9-10-29-26(33)21-14-27(3,4)34-30-21/h5-8,11-12,18,24H,9-10,13-14H2,1-4H3,(H,29,33). The van der Waals surface area contributed by atoms with Gasteiger partial charge in [0, 0.05) is 25.3 Å². The van der Waals surface area contributed by atoms with Crippen LogP contribution in [0.15, 0.2) is 41.6 Å². The van der Waals surface area contributed by atoms with Gasteiger partial charge in [0.2, 0.25) is 0 Å². The number of halogens is 1. The number of benzene rings is 2. The fraction of sp³-hybridized carbons (Fsp3) is 0.407. The number of Topliss-reactive ketones (excluding diaryl/α,β-unsaturated/α-hetero) is 2. The van der Waals surface area contributed by atoms with Gasteiger partial charge in [-0.2, -0.15) is 0 Å². The third kappa shape index (κ3) is 4.79. The highest BCUT2D eigenvalue weighted by Gasteiger charge is 2.43. The zero-order valence-electron chi connectivity index (χ0n) is 19.9. The summed E-state index contributed by atoms with van der Waals surface area (Å²) < 4.78 is 13.3. The molecular formula is C27H29FN2O4. The molecule has 178 valence electrons. The average Bonchev–Trinajstić information content (AvgIpc) is 3.27. The largest absolute Gasteiger partial charge is 0.389 e. The van der Waals surface area contributed by atoms with E-state index in [1.54, 1.807) is 12.1 Å². The van der Waals surface area contributed by atoms with Crippen LogP contribution in [0.25, 0.3) is 11.1 Å². The molecule has 1 saturated carbocycles. The van der Waals surface area contributed by atoms with Gasteiger partial charge >= 0.3 is 0 Å². The Hall–Kier alpha value is -3.35. The minimum atomic E-state index is -0.781. The number of hydrogen-bond donors (Lipinski definition) is 1. The highest BCUT2D eigenvalue weighted by atomic mass is 19.1. The number of carbonyl (C=O) groups excluding carboxylic acids is 3. The molecule has 1 aliphatic carbocycles. The molecule has 2 aromatic rings. The van der Waals surface area contributed by atoms with Gasteiger partial charge in [0.05, 0.1) is 0 Å². The number of hydrogen-bond acceptors (Lipinski definition) is 5. The first-order valence-corrected chi connectivity index (χ1v) is 11.5. The van der Waals surface area contributed by atoms with Crippen molar-refractivity contribution in [1.82, 2.24) is 5.32 Å². The number of nitrogens with zero attached hydrogens (tertiary/aromatic N) is 1. The van der Waals surface area contributed by atoms with E-state index < -0.39 is 17.4 Å². The van der Waals surface area contributed by atoms with Crippen molar-refractivity contribution in [3.8, 4) is 11.1 Å². The molecule has 34 heavy (non-hydrogen) atoms. The minimum absolute atomic E-state index is 0.0858. The highest BCUT2D eigenvalue weighted by molar-refractivity contribution is 6.39. The zero-order valence-corrected chi connectivity index (χ0v) is 19.9. The fourth-order valence-electron chi connectivity index (χ4n) is 4.87. The maximum atomic E-state index is 13.3. The number of rotatable bonds is 6. The van der Waals surface area contributed by atoms with E-state index in [2.05, 4.69) is 10.5 Å². The second kappa shape index (κ2) is 9.12. The first-order chi connectivity index (χ1) is 16.1. The monoisotopic (exact) mass is 464 g/mol. The van der Waals surface area contributed by atoms with Crippen molar-refractivity contribution >= 4 is 23.2 Å². The summed E-state index contributed by atoms with van der Waals surface area (Å²) >= 11 is 0. The Labute approximate surface area is 198 Å². The smallest absolute Gasteiger partial charge is 0.269 e. The molecule has 0 spiro atoms. The molecule has 1 N–H and O–H groups in total. The molecule has 1 fully saturated rings. The second-order valence-electron chi connectivity index (χ2n) is 9.84. The Morgan fingerprint density at radius 2 is 1.76 bits per heavy atom. The van der Waals surface area contributed by atoms with Crippen molar-refractivity contribution in [2.75, 3.05) is 6.54 Å². The predicted molar refractivity (Wildman–Crippen MR) is 127 cm³/mol. The van der Waals surface area contributed by atoms with Gasteiger partial charge in [0.1, 0.15) is 28.8 Å². The van der Waals surface area contributed by atoms with Crippen LogP contribution in [0.3, 0.4) is 0 Å². The van der Waals surface area contributed by atoms with E-state index in [4.69, 9.17) is 4.84 Å². The molecule has 7 heteroatoms. The summed E-state index contributed by atoms with van der Waals surface area (Å²) in [5.41, 5.74) is 4.12. The Morgan fingerprint density at radius 3 is 2.35 bits per heavy atom. The Bertz CT molecular complexity index is 1160. The normalized spacial score (nSPS) is 21.4. The van der Waals surface area contributed by atoms with Crippen molar-refractivity contribution in [3.63, 3.8) is 0 Å². The lowest BCUT2D eigenvalue weighted by atomic mass is 9.85. The lowest BCUT2D eigenvalue weighted by Gasteiger charge is -2.17. The summed E-state index contributed by atoms with van der Waals surface area (Å²) in [5.74, 6) is -1.99. The van der Waals surface area contributed by atoms with Gasteiger partial charge in [-0.25, -0.2) is 4.39 Å². The van der Waals surface area contributed by atoms with Crippen LogP contribution in [0.1, 0.15) is 55.7 Å². The van der Waals surface area contributed by atoms with Gasteiger partial charge in [-0.05, 0) is 74.1 Å². The van der Waals surface area contributed by atoms with Crippen LogP contribution in [-0.4, -0.2) is 35.3 Å². The van der Waals surface area contributed by atoms with Crippen LogP contribution in [0, 0.1) is 25.6 Å². The Kier molecular flexibility index (Phi) is 6.39. The van der Waals surface area contributed by atoms with Crippen LogP contribution < -0.4 is 5.32 Å². The summed E-state index contributed by atoms with van der Waals surface area (Å²) in [6.45, 7) is 7.80. The number of oxime groups is 1. The van der Waals surface area contributed by atoms with Gasteiger partial charge < -0.3 is 10.2 Å². The van der Waals surface area contributed by atoms with Crippen molar-refractivity contribution in [3.05, 3.63) is 58.9 Å². The van der Waals surface area contributed by atoms with Gasteiger partial charge in [0.15, 0.2) is 5.78 Å². The van der Waals surface area contributed by atoms with Gasteiger partial charge in [-0.15, -0.1) is 0 Å². The van der Waals surface area contributed by atoms with Crippen LogP contribution in [0.5, 0.6) is 0 Å². The van der Waals surface area contributed by atoms with E-state index in [1.807, 2.05) is 39.8 Å². The van der Waals surface area contributed by atoms with E-state index in [0.29, 0.717) is 18.6 Å². The van der Waals surface area contributed by atoms with E-state index in [0.717, 1.165) is 27.8 Å². The van der Waals surface area contributed by atoms with Crippen molar-refractivity contribution in [1.29, 1.82) is 0 Å². The predicted octanol–water partition coefficient (Wildman–Crippen LogP) is 4.41. The molecule has 0 radical (unpaired) electrons. The van der Waals surface area contributed by atoms with Gasteiger partial charge in [-0.1, -0.05) is 29.4 Å². The maximum Gasteiger partial charge on any atom is 0.269 e. The summed E-state index contributed by atoms with van der Waals surface area (Å²) in [7, 11) is 0. The fourth-order valence-corrected chi connectivity index (χ4v) is 4.87. The molecule has 6 nitrogen and oxygen atoms in total. The first-order valence-electron chi connectivity index (χ1n) is 11.5. The zero-order chi connectivity index (χ0) is 24.6. The molecule has 0 saturated heterocycles. The van der Waals surface area contributed by atoms with Crippen LogP contribution in [-0.2, 0) is 19.2 Å². The lowest BCUT2D eigenvalue weighted by molar-refractivity contribution is -0.125. The Morgan fingerprint density at radius 1 is 1.12 bits per heavy atom. The summed E-state index contributed by atoms with van der Waals surface area (Å²) in [4.78, 5) is 43.6. The Balaban J connectivity index is 1.43. The van der Waals surface area contributed by atoms with Crippen molar-refractivity contribution in [2.45, 2.75) is 58.5 Å². The van der Waals surface area contributed by atoms with Gasteiger partial charge in [-0.3, -0.25) is 14.4 Å². The molecule has 2 unspecified atom stereocenters. The molecule has 0 bridgehead atoms. The number of amides is 1. The van der Waals surface area contributed by atoms with E-state index in [1.165, 1.54) is 12.1 Å². The molecule has 0 aromatic heterocycles.